The molecule has 2 aromatic rings. The fraction of sp³-hybridized carbons (Fsp3) is 0.500. The Balaban J connectivity index is 2.22. The summed E-state index contributed by atoms with van der Waals surface area (Å²) < 4.78 is 31.8. The number of carbonyl (C=O) groups excluding carboxylic acids is 2. The van der Waals surface area contributed by atoms with Gasteiger partial charge in [0.05, 0.1) is 19.1 Å². The fourth-order valence-electron chi connectivity index (χ4n) is 4.11. The topological polar surface area (TPSA) is 96.0 Å². The minimum atomic E-state index is -3.54. The Morgan fingerprint density at radius 3 is 2.27 bits per heavy atom. The molecule has 0 radical (unpaired) electrons. The zero-order valence-corrected chi connectivity index (χ0v) is 23.9. The van der Waals surface area contributed by atoms with Crippen molar-refractivity contribution in [2.45, 2.75) is 72.5 Å². The molecule has 0 saturated carbocycles. The third-order valence-electron chi connectivity index (χ3n) is 6.30. The van der Waals surface area contributed by atoms with Crippen LogP contribution in [0, 0.1) is 13.8 Å². The van der Waals surface area contributed by atoms with Gasteiger partial charge >= 0.3 is 0 Å². The predicted octanol–water partition coefficient (Wildman–Crippen LogP) is 4.19. The molecule has 0 fully saturated rings. The van der Waals surface area contributed by atoms with Crippen LogP contribution in [0.3, 0.4) is 0 Å². The van der Waals surface area contributed by atoms with Crippen LogP contribution in [0.2, 0.25) is 0 Å². The first-order valence-corrected chi connectivity index (χ1v) is 14.5. The van der Waals surface area contributed by atoms with Crippen molar-refractivity contribution in [1.82, 2.24) is 10.2 Å². The number of rotatable bonds is 13. The van der Waals surface area contributed by atoms with Gasteiger partial charge in [-0.1, -0.05) is 25.1 Å². The van der Waals surface area contributed by atoms with Gasteiger partial charge in [0.2, 0.25) is 21.8 Å². The average molecular weight is 532 g/mol. The molecule has 8 nitrogen and oxygen atoms in total. The SMILES string of the molecule is CC[C@H](C)NC(=O)[C@H](C)N(Cc1cccc(OC)c1)C(=O)CCCN(c1cc(C)cc(C)c1)S(C)(=O)=O. The van der Waals surface area contributed by atoms with Crippen LogP contribution in [0.25, 0.3) is 0 Å². The summed E-state index contributed by atoms with van der Waals surface area (Å²) in [7, 11) is -1.96. The molecule has 0 aliphatic carbocycles. The number of carbonyl (C=O) groups is 2. The smallest absolute Gasteiger partial charge is 0.242 e. The van der Waals surface area contributed by atoms with E-state index >= 15 is 0 Å². The maximum Gasteiger partial charge on any atom is 0.242 e. The Bertz CT molecular complexity index is 1160. The Kier molecular flexibility index (Phi) is 11.0. The molecule has 0 saturated heterocycles. The van der Waals surface area contributed by atoms with Gasteiger partial charge in [-0.3, -0.25) is 13.9 Å². The highest BCUT2D eigenvalue weighted by Gasteiger charge is 2.27. The second kappa shape index (κ2) is 13.5. The molecule has 2 atom stereocenters. The molecule has 0 aromatic heterocycles. The number of methoxy groups -OCH3 is 1. The van der Waals surface area contributed by atoms with Crippen LogP contribution in [0.15, 0.2) is 42.5 Å². The van der Waals surface area contributed by atoms with Crippen LogP contribution >= 0.6 is 0 Å². The Morgan fingerprint density at radius 1 is 1.05 bits per heavy atom. The Labute approximate surface area is 222 Å². The van der Waals surface area contributed by atoms with Crippen molar-refractivity contribution in [1.29, 1.82) is 0 Å². The molecule has 0 spiro atoms. The first-order chi connectivity index (χ1) is 17.3. The maximum atomic E-state index is 13.4. The van der Waals surface area contributed by atoms with Crippen LogP contribution in [-0.4, -0.2) is 57.1 Å². The predicted molar refractivity (Wildman–Crippen MR) is 148 cm³/mol. The number of hydrogen-bond acceptors (Lipinski definition) is 5. The van der Waals surface area contributed by atoms with E-state index < -0.39 is 16.1 Å². The molecule has 37 heavy (non-hydrogen) atoms. The van der Waals surface area contributed by atoms with E-state index in [4.69, 9.17) is 4.74 Å². The van der Waals surface area contributed by atoms with Gasteiger partial charge in [0.15, 0.2) is 0 Å². The van der Waals surface area contributed by atoms with Crippen molar-refractivity contribution in [3.63, 3.8) is 0 Å². The van der Waals surface area contributed by atoms with E-state index in [1.807, 2.05) is 70.2 Å². The lowest BCUT2D eigenvalue weighted by atomic mass is 10.1. The van der Waals surface area contributed by atoms with Crippen LogP contribution in [-0.2, 0) is 26.2 Å². The third-order valence-corrected chi connectivity index (χ3v) is 7.50. The summed E-state index contributed by atoms with van der Waals surface area (Å²) in [5.41, 5.74) is 3.35. The van der Waals surface area contributed by atoms with E-state index in [-0.39, 0.29) is 37.4 Å². The molecule has 9 heteroatoms. The third kappa shape index (κ3) is 9.07. The normalized spacial score (nSPS) is 12.9. The largest absolute Gasteiger partial charge is 0.497 e. The quantitative estimate of drug-likeness (QED) is 0.418. The Morgan fingerprint density at radius 2 is 1.70 bits per heavy atom. The van der Waals surface area contributed by atoms with Crippen molar-refractivity contribution in [3.05, 3.63) is 59.2 Å². The summed E-state index contributed by atoms with van der Waals surface area (Å²) >= 11 is 0. The molecule has 2 rings (SSSR count). The molecule has 0 unspecified atom stereocenters. The highest BCUT2D eigenvalue weighted by atomic mass is 32.2. The van der Waals surface area contributed by atoms with Gasteiger partial charge < -0.3 is 15.0 Å². The van der Waals surface area contributed by atoms with Gasteiger partial charge in [-0.2, -0.15) is 0 Å². The Hall–Kier alpha value is -3.07. The fourth-order valence-corrected chi connectivity index (χ4v) is 5.06. The van der Waals surface area contributed by atoms with Gasteiger partial charge in [-0.15, -0.1) is 0 Å². The van der Waals surface area contributed by atoms with Crippen LogP contribution < -0.4 is 14.4 Å². The number of nitrogens with zero attached hydrogens (tertiary/aromatic N) is 2. The zero-order chi connectivity index (χ0) is 27.8. The second-order valence-electron chi connectivity index (χ2n) is 9.65. The van der Waals surface area contributed by atoms with E-state index in [1.54, 1.807) is 18.9 Å². The van der Waals surface area contributed by atoms with Crippen molar-refractivity contribution in [2.75, 3.05) is 24.2 Å². The molecule has 204 valence electrons. The zero-order valence-electron chi connectivity index (χ0n) is 23.1. The number of benzene rings is 2. The van der Waals surface area contributed by atoms with Crippen LogP contribution in [0.1, 0.15) is 56.7 Å². The lowest BCUT2D eigenvalue weighted by molar-refractivity contribution is -0.140. The van der Waals surface area contributed by atoms with Gasteiger partial charge in [0.25, 0.3) is 0 Å². The number of hydrogen-bond donors (Lipinski definition) is 1. The van der Waals surface area contributed by atoms with Gasteiger partial charge in [0.1, 0.15) is 11.8 Å². The summed E-state index contributed by atoms with van der Waals surface area (Å²) in [4.78, 5) is 27.9. The molecular formula is C28H41N3O5S. The van der Waals surface area contributed by atoms with Crippen LogP contribution in [0.5, 0.6) is 5.75 Å². The van der Waals surface area contributed by atoms with Crippen molar-refractivity contribution in [2.24, 2.45) is 0 Å². The van der Waals surface area contributed by atoms with Crippen molar-refractivity contribution >= 4 is 27.5 Å². The molecule has 0 heterocycles. The lowest BCUT2D eigenvalue weighted by Crippen LogP contribution is -2.49. The second-order valence-corrected chi connectivity index (χ2v) is 11.6. The molecule has 1 N–H and O–H groups in total. The van der Waals surface area contributed by atoms with E-state index in [0.29, 0.717) is 17.9 Å². The molecule has 2 aromatic carbocycles. The number of ether oxygens (including phenoxy) is 1. The maximum absolute atomic E-state index is 13.4. The first-order valence-electron chi connectivity index (χ1n) is 12.6. The molecule has 0 bridgehead atoms. The average Bonchev–Trinajstić information content (AvgIpc) is 2.83. The number of aryl methyl sites for hydroxylation is 2. The number of anilines is 1. The van der Waals surface area contributed by atoms with E-state index in [2.05, 4.69) is 5.32 Å². The van der Waals surface area contributed by atoms with Crippen molar-refractivity contribution in [3.8, 4) is 5.75 Å². The summed E-state index contributed by atoms with van der Waals surface area (Å²) in [5, 5.41) is 2.95. The highest BCUT2D eigenvalue weighted by molar-refractivity contribution is 7.92. The standard InChI is InChI=1S/C28H41N3O5S/c1-8-22(4)29-28(33)23(5)30(19-24-11-9-12-26(18-24)36-6)27(32)13-10-14-31(37(7,34)35)25-16-20(2)15-21(3)17-25/h9,11-12,15-18,22-23H,8,10,13-14,19H2,1-7H3,(H,29,33)/t22-,23-/m0/s1. The van der Waals surface area contributed by atoms with Crippen molar-refractivity contribution < 1.29 is 22.7 Å². The lowest BCUT2D eigenvalue weighted by Gasteiger charge is -2.30. The molecule has 2 amide bonds. The minimum absolute atomic E-state index is 0.00942. The number of nitrogens with one attached hydrogen (secondary N) is 1. The molecule has 0 aliphatic heterocycles. The summed E-state index contributed by atoms with van der Waals surface area (Å²) in [6.07, 6.45) is 2.36. The van der Waals surface area contributed by atoms with E-state index in [0.717, 1.165) is 23.1 Å². The van der Waals surface area contributed by atoms with Gasteiger partial charge in [0, 0.05) is 25.6 Å². The number of sulfonamides is 1. The van der Waals surface area contributed by atoms with Gasteiger partial charge in [-0.05, 0) is 81.5 Å². The summed E-state index contributed by atoms with van der Waals surface area (Å²) in [6, 6.07) is 12.3. The minimum Gasteiger partial charge on any atom is -0.497 e. The molecular weight excluding hydrogens is 490 g/mol. The van der Waals surface area contributed by atoms with Gasteiger partial charge in [-0.25, -0.2) is 8.42 Å². The first kappa shape index (κ1) is 30.2. The highest BCUT2D eigenvalue weighted by Crippen LogP contribution is 2.23. The van der Waals surface area contributed by atoms with E-state index in [1.165, 1.54) is 10.6 Å². The summed E-state index contributed by atoms with van der Waals surface area (Å²) in [5.74, 6) is 0.223. The van der Waals surface area contributed by atoms with Crippen LogP contribution in [0.4, 0.5) is 5.69 Å². The number of amides is 2. The van der Waals surface area contributed by atoms with E-state index in [9.17, 15) is 18.0 Å². The molecule has 0 aliphatic rings. The monoisotopic (exact) mass is 531 g/mol. The summed E-state index contributed by atoms with van der Waals surface area (Å²) in [6.45, 7) is 9.86.